The molecule has 1 aliphatic heterocycles. The van der Waals surface area contributed by atoms with Crippen LogP contribution in [0.2, 0.25) is 0 Å². The summed E-state index contributed by atoms with van der Waals surface area (Å²) in [6, 6.07) is 3.08. The van der Waals surface area contributed by atoms with Gasteiger partial charge in [0.1, 0.15) is 0 Å². The van der Waals surface area contributed by atoms with Gasteiger partial charge in [0.2, 0.25) is 5.91 Å². The van der Waals surface area contributed by atoms with Crippen LogP contribution < -0.4 is 5.32 Å². The largest absolute Gasteiger partial charge is 0.478 e. The van der Waals surface area contributed by atoms with Crippen LogP contribution in [0.25, 0.3) is 0 Å². The molecule has 7 heteroatoms. The molecule has 0 saturated carbocycles. The number of likely N-dealkylation sites (N-methyl/N-ethyl adjacent to an activating group) is 1. The molecule has 2 rings (SSSR count). The number of amides is 1. The van der Waals surface area contributed by atoms with Crippen LogP contribution in [0.1, 0.15) is 10.4 Å². The van der Waals surface area contributed by atoms with Crippen LogP contribution in [-0.2, 0) is 4.79 Å². The number of carbonyl (C=O) groups excluding carboxylic acids is 1. The molecule has 1 aromatic heterocycles. The Balaban J connectivity index is 0.000000171. The average molecular weight is 236 g/mol. The van der Waals surface area contributed by atoms with Gasteiger partial charge >= 0.3 is 5.97 Å². The summed E-state index contributed by atoms with van der Waals surface area (Å²) < 4.78 is 0. The van der Waals surface area contributed by atoms with E-state index in [1.54, 1.807) is 18.0 Å². The first-order chi connectivity index (χ1) is 8.00. The van der Waals surface area contributed by atoms with Crippen molar-refractivity contribution in [2.45, 2.75) is 0 Å². The van der Waals surface area contributed by atoms with E-state index >= 15 is 0 Å². The van der Waals surface area contributed by atoms with Crippen molar-refractivity contribution in [2.75, 3.05) is 13.6 Å². The number of rotatable bonds is 1. The van der Waals surface area contributed by atoms with Gasteiger partial charge in [-0.05, 0) is 12.1 Å². The Morgan fingerprint density at radius 2 is 2.35 bits per heavy atom. The fourth-order valence-corrected chi connectivity index (χ4v) is 1.05. The Bertz CT molecular complexity index is 432. The molecular formula is C10H12N4O3. The number of hydrogen-bond donors (Lipinski definition) is 3. The SMILES string of the molecule is CN1CC(=O)NC1=N.O=C(O)c1cccnc1. The predicted octanol–water partition coefficient (Wildman–Crippen LogP) is -0.237. The van der Waals surface area contributed by atoms with Crippen LogP contribution in [0.4, 0.5) is 0 Å². The normalized spacial score (nSPS) is 13.8. The summed E-state index contributed by atoms with van der Waals surface area (Å²) in [5, 5.41) is 17.7. The number of pyridine rings is 1. The molecule has 1 amide bonds. The lowest BCUT2D eigenvalue weighted by atomic mass is 10.3. The molecule has 90 valence electrons. The third-order valence-electron chi connectivity index (χ3n) is 1.93. The second kappa shape index (κ2) is 5.59. The summed E-state index contributed by atoms with van der Waals surface area (Å²) in [5.74, 6) is -0.851. The van der Waals surface area contributed by atoms with E-state index in [1.165, 1.54) is 18.5 Å². The minimum absolute atomic E-state index is 0.0995. The Hall–Kier alpha value is -2.44. The highest BCUT2D eigenvalue weighted by molar-refractivity contribution is 6.02. The molecule has 0 bridgehead atoms. The first-order valence-corrected chi connectivity index (χ1v) is 4.73. The van der Waals surface area contributed by atoms with Crippen LogP contribution in [0.3, 0.4) is 0 Å². The number of carbonyl (C=O) groups is 2. The van der Waals surface area contributed by atoms with E-state index in [2.05, 4.69) is 10.3 Å². The maximum absolute atomic E-state index is 10.4. The summed E-state index contributed by atoms with van der Waals surface area (Å²) in [4.78, 5) is 25.7. The van der Waals surface area contributed by atoms with Gasteiger partial charge in [0.15, 0.2) is 5.96 Å². The lowest BCUT2D eigenvalue weighted by molar-refractivity contribution is -0.118. The van der Waals surface area contributed by atoms with Crippen LogP contribution >= 0.6 is 0 Å². The fourth-order valence-electron chi connectivity index (χ4n) is 1.05. The quantitative estimate of drug-likeness (QED) is 0.624. The van der Waals surface area contributed by atoms with Crippen molar-refractivity contribution in [1.29, 1.82) is 5.41 Å². The molecule has 0 atom stereocenters. The molecule has 1 saturated heterocycles. The maximum Gasteiger partial charge on any atom is 0.337 e. The lowest BCUT2D eigenvalue weighted by Crippen LogP contribution is -2.25. The summed E-state index contributed by atoms with van der Waals surface area (Å²) >= 11 is 0. The van der Waals surface area contributed by atoms with E-state index in [9.17, 15) is 9.59 Å². The van der Waals surface area contributed by atoms with Crippen LogP contribution in [0.15, 0.2) is 24.5 Å². The van der Waals surface area contributed by atoms with Crippen molar-refractivity contribution in [3.05, 3.63) is 30.1 Å². The number of guanidine groups is 1. The predicted molar refractivity (Wildman–Crippen MR) is 59.7 cm³/mol. The van der Waals surface area contributed by atoms with E-state index < -0.39 is 5.97 Å². The third-order valence-corrected chi connectivity index (χ3v) is 1.93. The Kier molecular flexibility index (Phi) is 4.15. The lowest BCUT2D eigenvalue weighted by Gasteiger charge is -2.03. The Morgan fingerprint density at radius 1 is 1.65 bits per heavy atom. The molecule has 1 aliphatic rings. The third kappa shape index (κ3) is 3.90. The number of nitrogens with zero attached hydrogens (tertiary/aromatic N) is 2. The monoisotopic (exact) mass is 236 g/mol. The summed E-state index contributed by atoms with van der Waals surface area (Å²) in [6.45, 7) is 0.318. The van der Waals surface area contributed by atoms with Crippen molar-refractivity contribution in [1.82, 2.24) is 15.2 Å². The molecule has 2 heterocycles. The number of nitrogens with one attached hydrogen (secondary N) is 2. The molecule has 0 aliphatic carbocycles. The number of carboxylic acids is 1. The molecule has 1 aromatic rings. The minimum atomic E-state index is -0.942. The zero-order valence-corrected chi connectivity index (χ0v) is 9.17. The number of carboxylic acid groups (broad SMARTS) is 1. The van der Waals surface area contributed by atoms with E-state index in [-0.39, 0.29) is 17.4 Å². The van der Waals surface area contributed by atoms with Crippen molar-refractivity contribution in [2.24, 2.45) is 0 Å². The fraction of sp³-hybridized carbons (Fsp3) is 0.200. The van der Waals surface area contributed by atoms with E-state index in [4.69, 9.17) is 10.5 Å². The highest BCUT2D eigenvalue weighted by atomic mass is 16.4. The van der Waals surface area contributed by atoms with E-state index in [1.807, 2.05) is 0 Å². The second-order valence-electron chi connectivity index (χ2n) is 3.30. The van der Waals surface area contributed by atoms with Gasteiger partial charge in [-0.2, -0.15) is 0 Å². The Labute approximate surface area is 97.6 Å². The molecule has 0 spiro atoms. The van der Waals surface area contributed by atoms with Crippen molar-refractivity contribution >= 4 is 17.8 Å². The second-order valence-corrected chi connectivity index (χ2v) is 3.30. The number of aromatic carboxylic acids is 1. The van der Waals surface area contributed by atoms with Crippen molar-refractivity contribution in [3.63, 3.8) is 0 Å². The molecule has 1 fully saturated rings. The van der Waals surface area contributed by atoms with E-state index in [0.717, 1.165) is 0 Å². The van der Waals surface area contributed by atoms with Crippen molar-refractivity contribution < 1.29 is 14.7 Å². The highest BCUT2D eigenvalue weighted by Gasteiger charge is 2.18. The van der Waals surface area contributed by atoms with Crippen molar-refractivity contribution in [3.8, 4) is 0 Å². The topological polar surface area (TPSA) is 106 Å². The zero-order valence-electron chi connectivity index (χ0n) is 9.17. The van der Waals surface area contributed by atoms with Crippen LogP contribution in [0, 0.1) is 5.41 Å². The number of hydrogen-bond acceptors (Lipinski definition) is 4. The molecule has 0 radical (unpaired) electrons. The molecule has 17 heavy (non-hydrogen) atoms. The van der Waals surface area contributed by atoms with Gasteiger partial charge in [0.25, 0.3) is 0 Å². The maximum atomic E-state index is 10.4. The Morgan fingerprint density at radius 3 is 2.59 bits per heavy atom. The van der Waals surface area contributed by atoms with Crippen LogP contribution in [0.5, 0.6) is 0 Å². The molecular weight excluding hydrogens is 224 g/mol. The summed E-state index contributed by atoms with van der Waals surface area (Å²) in [7, 11) is 1.69. The molecule has 0 unspecified atom stereocenters. The molecule has 7 nitrogen and oxygen atoms in total. The van der Waals surface area contributed by atoms with Gasteiger partial charge in [-0.3, -0.25) is 20.5 Å². The summed E-state index contributed by atoms with van der Waals surface area (Å²) in [6.07, 6.45) is 2.84. The molecule has 0 aromatic carbocycles. The first kappa shape index (κ1) is 12.6. The average Bonchev–Trinajstić information content (AvgIpc) is 2.58. The van der Waals surface area contributed by atoms with Gasteiger partial charge in [0.05, 0.1) is 12.1 Å². The standard InChI is InChI=1S/C6H5NO2.C4H7N3O/c8-6(9)5-2-1-3-7-4-5;1-7-2-3(8)6-4(7)5/h1-4H,(H,8,9);2H2,1H3,(H2,5,6,8). The van der Waals surface area contributed by atoms with Gasteiger partial charge in [0, 0.05) is 19.4 Å². The van der Waals surface area contributed by atoms with Gasteiger partial charge in [-0.25, -0.2) is 4.79 Å². The number of aromatic nitrogens is 1. The summed E-state index contributed by atoms with van der Waals surface area (Å²) in [5.41, 5.74) is 0.220. The first-order valence-electron chi connectivity index (χ1n) is 4.73. The van der Waals surface area contributed by atoms with Gasteiger partial charge in [-0.15, -0.1) is 0 Å². The smallest absolute Gasteiger partial charge is 0.337 e. The zero-order chi connectivity index (χ0) is 12.8. The van der Waals surface area contributed by atoms with Gasteiger partial charge < -0.3 is 10.0 Å². The minimum Gasteiger partial charge on any atom is -0.478 e. The molecule has 3 N–H and O–H groups in total. The van der Waals surface area contributed by atoms with Gasteiger partial charge in [-0.1, -0.05) is 0 Å². The van der Waals surface area contributed by atoms with E-state index in [0.29, 0.717) is 6.54 Å². The van der Waals surface area contributed by atoms with Crippen LogP contribution in [-0.4, -0.2) is 46.4 Å². The highest BCUT2D eigenvalue weighted by Crippen LogP contribution is 1.93.